The number of carboxylic acids is 2. The van der Waals surface area contributed by atoms with Crippen molar-refractivity contribution in [2.45, 2.75) is 43.0 Å². The smallest absolute Gasteiger partial charge is 0.245 e. The van der Waals surface area contributed by atoms with Crippen LogP contribution in [0.15, 0.2) is 0 Å². The Hall–Kier alpha value is -1.30. The minimum Gasteiger partial charge on any atom is -0.550 e. The van der Waals surface area contributed by atoms with Crippen LogP contribution in [-0.4, -0.2) is 75.7 Å². The van der Waals surface area contributed by atoms with Crippen LogP contribution in [-0.2, 0) is 14.3 Å². The average Bonchev–Trinajstić information content (AvgIpc) is 2.40. The first-order valence-electron chi connectivity index (χ1n) is 6.32. The summed E-state index contributed by atoms with van der Waals surface area (Å²) in [5.74, 6) is -5.25. The molecule has 0 bridgehead atoms. The van der Waals surface area contributed by atoms with E-state index in [1.165, 1.54) is 0 Å². The largest absolute Gasteiger partial charge is 0.550 e. The molecule has 0 aromatic rings. The van der Waals surface area contributed by atoms with Gasteiger partial charge in [0.2, 0.25) is 5.79 Å². The summed E-state index contributed by atoms with van der Waals surface area (Å²) in [5, 5.41) is 60.6. The molecule has 1 aliphatic rings. The lowest BCUT2D eigenvalue weighted by atomic mass is 9.96. The highest BCUT2D eigenvalue weighted by molar-refractivity contribution is 5.71. The van der Waals surface area contributed by atoms with Gasteiger partial charge in [-0.05, 0) is 6.42 Å². The number of rotatable bonds is 7. The van der Waals surface area contributed by atoms with Gasteiger partial charge >= 0.3 is 0 Å². The van der Waals surface area contributed by atoms with Crippen LogP contribution < -0.4 is 15.5 Å². The van der Waals surface area contributed by atoms with E-state index in [2.05, 4.69) is 0 Å². The molecule has 0 radical (unpaired) electrons. The number of quaternary nitrogens is 1. The standard InChI is InChI=1S/C11H19NO9/c13-6-3-21-11(20,9(17)8(6)16)4-12-5(10(18)19)1-2-7(14)15/h5-6,8-9,12-13,16-17,20H,1-4H2,(H,14,15)(H,18,19)/p-1/t5-,6+,8+,9-,11+/m0/s1. The van der Waals surface area contributed by atoms with Crippen molar-refractivity contribution in [3.8, 4) is 0 Å². The number of aliphatic carboxylic acids is 2. The number of carbonyl (C=O) groups excluding carboxylic acids is 2. The van der Waals surface area contributed by atoms with Crippen LogP contribution >= 0.6 is 0 Å². The normalized spacial score (nSPS) is 34.4. The van der Waals surface area contributed by atoms with Crippen molar-refractivity contribution in [3.63, 3.8) is 0 Å². The fourth-order valence-corrected chi connectivity index (χ4v) is 1.99. The lowest BCUT2D eigenvalue weighted by molar-refractivity contribution is -0.706. The fourth-order valence-electron chi connectivity index (χ4n) is 1.99. The number of nitrogens with two attached hydrogens (primary N) is 1. The Morgan fingerprint density at radius 1 is 1.33 bits per heavy atom. The zero-order valence-electron chi connectivity index (χ0n) is 11.0. The van der Waals surface area contributed by atoms with Gasteiger partial charge in [0, 0.05) is 12.4 Å². The van der Waals surface area contributed by atoms with Gasteiger partial charge in [-0.1, -0.05) is 0 Å². The molecule has 21 heavy (non-hydrogen) atoms. The SMILES string of the molecule is O=C([O-])CC[C@H]([NH2+]C[C@@]1(O)OC[C@@H](O)[C@@H](O)[C@@H]1O)C(=O)[O-]. The van der Waals surface area contributed by atoms with Crippen LogP contribution in [0.3, 0.4) is 0 Å². The van der Waals surface area contributed by atoms with Gasteiger partial charge in [0.05, 0.1) is 12.6 Å². The van der Waals surface area contributed by atoms with Crippen molar-refractivity contribution < 1.29 is 50.3 Å². The summed E-state index contributed by atoms with van der Waals surface area (Å²) in [6, 6.07) is -1.30. The predicted molar refractivity (Wildman–Crippen MR) is 58.8 cm³/mol. The molecule has 1 heterocycles. The molecule has 1 saturated heterocycles. The Kier molecular flexibility index (Phi) is 6.01. The van der Waals surface area contributed by atoms with E-state index < -0.39 is 61.7 Å². The number of aliphatic hydroxyl groups excluding tert-OH is 3. The predicted octanol–water partition coefficient (Wildman–Crippen LogP) is -7.00. The summed E-state index contributed by atoms with van der Waals surface area (Å²) in [7, 11) is 0. The van der Waals surface area contributed by atoms with Crippen molar-refractivity contribution in [1.29, 1.82) is 0 Å². The van der Waals surface area contributed by atoms with Crippen molar-refractivity contribution in [2.75, 3.05) is 13.2 Å². The van der Waals surface area contributed by atoms with E-state index in [4.69, 9.17) is 4.74 Å². The lowest BCUT2D eigenvalue weighted by Gasteiger charge is -2.40. The average molecular weight is 308 g/mol. The highest BCUT2D eigenvalue weighted by atomic mass is 16.6. The first-order chi connectivity index (χ1) is 9.67. The van der Waals surface area contributed by atoms with Gasteiger partial charge in [0.1, 0.15) is 30.9 Å². The second-order valence-corrected chi connectivity index (χ2v) is 4.93. The van der Waals surface area contributed by atoms with Crippen molar-refractivity contribution in [1.82, 2.24) is 0 Å². The molecule has 1 aliphatic heterocycles. The van der Waals surface area contributed by atoms with Crippen molar-refractivity contribution >= 4 is 11.9 Å². The molecule has 0 aromatic heterocycles. The summed E-state index contributed by atoms with van der Waals surface area (Å²) in [6.45, 7) is -0.943. The molecular formula is C11H18NO9-. The Balaban J connectivity index is 2.61. The Morgan fingerprint density at radius 2 is 1.95 bits per heavy atom. The van der Waals surface area contributed by atoms with Crippen LogP contribution in [0.25, 0.3) is 0 Å². The lowest BCUT2D eigenvalue weighted by Crippen LogP contribution is -2.97. The number of ether oxygens (including phenoxy) is 1. The third kappa shape index (κ3) is 4.59. The molecule has 0 amide bonds. The Morgan fingerprint density at radius 3 is 2.48 bits per heavy atom. The van der Waals surface area contributed by atoms with Crippen LogP contribution in [0, 0.1) is 0 Å². The van der Waals surface area contributed by atoms with Gasteiger partial charge in [-0.3, -0.25) is 0 Å². The molecule has 10 heteroatoms. The molecule has 10 nitrogen and oxygen atoms in total. The van der Waals surface area contributed by atoms with Crippen LogP contribution in [0.4, 0.5) is 0 Å². The zero-order chi connectivity index (χ0) is 16.2. The third-order valence-corrected chi connectivity index (χ3v) is 3.34. The van der Waals surface area contributed by atoms with Crippen LogP contribution in [0.5, 0.6) is 0 Å². The highest BCUT2D eigenvalue weighted by Gasteiger charge is 2.50. The second-order valence-electron chi connectivity index (χ2n) is 4.93. The van der Waals surface area contributed by atoms with Gasteiger partial charge in [0.15, 0.2) is 0 Å². The topological polar surface area (TPSA) is 187 Å². The molecule has 122 valence electrons. The summed E-state index contributed by atoms with van der Waals surface area (Å²) < 4.78 is 4.84. The molecule has 1 rings (SSSR count). The zero-order valence-corrected chi connectivity index (χ0v) is 11.0. The van der Waals surface area contributed by atoms with Crippen molar-refractivity contribution in [2.24, 2.45) is 0 Å². The number of carbonyl (C=O) groups is 2. The second kappa shape index (κ2) is 7.11. The Labute approximate surface area is 119 Å². The van der Waals surface area contributed by atoms with Crippen LogP contribution in [0.1, 0.15) is 12.8 Å². The van der Waals surface area contributed by atoms with E-state index in [0.717, 1.165) is 5.32 Å². The summed E-state index contributed by atoms with van der Waals surface area (Å²) >= 11 is 0. The number of aliphatic hydroxyl groups is 4. The van der Waals surface area contributed by atoms with E-state index in [9.17, 15) is 40.2 Å². The summed E-state index contributed by atoms with van der Waals surface area (Å²) in [5.41, 5.74) is 0. The summed E-state index contributed by atoms with van der Waals surface area (Å²) in [6.07, 6.45) is -5.70. The quantitative estimate of drug-likeness (QED) is 0.304. The van der Waals surface area contributed by atoms with Gasteiger partial charge in [-0.25, -0.2) is 0 Å². The third-order valence-electron chi connectivity index (χ3n) is 3.34. The first kappa shape index (κ1) is 17.8. The maximum Gasteiger partial charge on any atom is 0.245 e. The van der Waals surface area contributed by atoms with E-state index in [1.807, 2.05) is 0 Å². The Bertz CT molecular complexity index is 390. The fraction of sp³-hybridized carbons (Fsp3) is 0.818. The van der Waals surface area contributed by atoms with Gasteiger partial charge in [-0.2, -0.15) is 0 Å². The van der Waals surface area contributed by atoms with Crippen molar-refractivity contribution in [3.05, 3.63) is 0 Å². The van der Waals surface area contributed by atoms with E-state index in [1.54, 1.807) is 0 Å². The molecule has 5 atom stereocenters. The van der Waals surface area contributed by atoms with Gasteiger partial charge in [0.25, 0.3) is 0 Å². The van der Waals surface area contributed by atoms with E-state index in [0.29, 0.717) is 0 Å². The molecule has 1 fully saturated rings. The molecule has 0 spiro atoms. The van der Waals surface area contributed by atoms with E-state index in [-0.39, 0.29) is 6.42 Å². The number of carboxylic acid groups (broad SMARTS) is 2. The minimum absolute atomic E-state index is 0.304. The minimum atomic E-state index is -2.27. The molecule has 0 aliphatic carbocycles. The summed E-state index contributed by atoms with van der Waals surface area (Å²) in [4.78, 5) is 21.2. The molecular weight excluding hydrogens is 290 g/mol. The molecule has 6 N–H and O–H groups in total. The maximum atomic E-state index is 10.9. The van der Waals surface area contributed by atoms with Gasteiger partial charge in [-0.15, -0.1) is 0 Å². The number of hydrogen-bond acceptors (Lipinski definition) is 9. The first-order valence-corrected chi connectivity index (χ1v) is 6.32. The molecule has 0 aromatic carbocycles. The molecule has 0 unspecified atom stereocenters. The molecule has 0 saturated carbocycles. The maximum absolute atomic E-state index is 10.9. The van der Waals surface area contributed by atoms with E-state index >= 15 is 0 Å². The highest BCUT2D eigenvalue weighted by Crippen LogP contribution is 2.22. The van der Waals surface area contributed by atoms with Gasteiger partial charge < -0.3 is 50.3 Å². The monoisotopic (exact) mass is 308 g/mol. The van der Waals surface area contributed by atoms with Crippen LogP contribution in [0.2, 0.25) is 0 Å². The number of hydrogen-bond donors (Lipinski definition) is 5.